The van der Waals surface area contributed by atoms with Crippen molar-refractivity contribution in [3.63, 3.8) is 0 Å². The van der Waals surface area contributed by atoms with Gasteiger partial charge in [0, 0.05) is 13.6 Å². The third kappa shape index (κ3) is 3.12. The van der Waals surface area contributed by atoms with E-state index in [0.717, 1.165) is 17.3 Å². The van der Waals surface area contributed by atoms with E-state index >= 15 is 0 Å². The number of rotatable bonds is 3. The van der Waals surface area contributed by atoms with Crippen molar-refractivity contribution in [2.45, 2.75) is 13.3 Å². The summed E-state index contributed by atoms with van der Waals surface area (Å²) in [6.45, 7) is 2.91. The fourth-order valence-corrected chi connectivity index (χ4v) is 2.80. The number of carbonyl (C=O) groups is 1. The van der Waals surface area contributed by atoms with E-state index in [1.807, 2.05) is 13.1 Å². The van der Waals surface area contributed by atoms with Crippen LogP contribution in [-0.2, 0) is 0 Å². The minimum Gasteiger partial charge on any atom is -0.384 e. The molecular weight excluding hydrogens is 246 g/mol. The molecule has 0 aromatic carbocycles. The first-order valence-corrected chi connectivity index (χ1v) is 6.88. The lowest BCUT2D eigenvalue weighted by Gasteiger charge is -2.15. The standard InChI is InChI=1S/C14H17NO2S/c1-10-8-11(10)9-15(2)14(17)13-6-5-12(18-13)4-3-7-16/h5-6,10-11,16H,7-9H2,1-2H3. The van der Waals surface area contributed by atoms with Gasteiger partial charge in [-0.1, -0.05) is 18.8 Å². The van der Waals surface area contributed by atoms with E-state index in [1.54, 1.807) is 11.0 Å². The highest BCUT2D eigenvalue weighted by Crippen LogP contribution is 2.38. The van der Waals surface area contributed by atoms with Gasteiger partial charge in [0.2, 0.25) is 0 Å². The molecule has 18 heavy (non-hydrogen) atoms. The van der Waals surface area contributed by atoms with Gasteiger partial charge in [-0.3, -0.25) is 4.79 Å². The Morgan fingerprint density at radius 1 is 1.61 bits per heavy atom. The smallest absolute Gasteiger partial charge is 0.263 e. The molecule has 1 aliphatic rings. The molecule has 2 unspecified atom stereocenters. The molecule has 1 saturated carbocycles. The van der Waals surface area contributed by atoms with Crippen LogP contribution in [0.1, 0.15) is 27.9 Å². The number of hydrogen-bond acceptors (Lipinski definition) is 3. The molecular formula is C14H17NO2S. The quantitative estimate of drug-likeness (QED) is 0.845. The van der Waals surface area contributed by atoms with Gasteiger partial charge in [-0.05, 0) is 30.4 Å². The van der Waals surface area contributed by atoms with Crippen LogP contribution in [0.4, 0.5) is 0 Å². The molecule has 2 atom stereocenters. The van der Waals surface area contributed by atoms with Crippen LogP contribution in [0.5, 0.6) is 0 Å². The van der Waals surface area contributed by atoms with E-state index in [-0.39, 0.29) is 12.5 Å². The van der Waals surface area contributed by atoms with Crippen molar-refractivity contribution < 1.29 is 9.90 Å². The zero-order valence-electron chi connectivity index (χ0n) is 10.6. The first kappa shape index (κ1) is 13.1. The molecule has 1 heterocycles. The summed E-state index contributed by atoms with van der Waals surface area (Å²) in [5.41, 5.74) is 0. The van der Waals surface area contributed by atoms with Crippen LogP contribution in [0.2, 0.25) is 0 Å². The Bertz CT molecular complexity index is 497. The van der Waals surface area contributed by atoms with Crippen LogP contribution in [0.3, 0.4) is 0 Å². The fraction of sp³-hybridized carbons (Fsp3) is 0.500. The van der Waals surface area contributed by atoms with E-state index < -0.39 is 0 Å². The normalized spacial score (nSPS) is 21.1. The number of thiophene rings is 1. The fourth-order valence-electron chi connectivity index (χ4n) is 1.92. The molecule has 0 saturated heterocycles. The van der Waals surface area contributed by atoms with Gasteiger partial charge in [0.1, 0.15) is 6.61 Å². The Kier molecular flexibility index (Phi) is 4.05. The third-order valence-corrected chi connectivity index (χ3v) is 4.23. The van der Waals surface area contributed by atoms with Crippen molar-refractivity contribution in [2.75, 3.05) is 20.2 Å². The Hall–Kier alpha value is -1.31. The summed E-state index contributed by atoms with van der Waals surface area (Å²) in [6, 6.07) is 3.63. The number of amides is 1. The molecule has 0 bridgehead atoms. The SMILES string of the molecule is CC1CC1CN(C)C(=O)c1ccc(C#CCO)s1. The average molecular weight is 263 g/mol. The van der Waals surface area contributed by atoms with Crippen molar-refractivity contribution in [1.82, 2.24) is 4.90 Å². The first-order valence-electron chi connectivity index (χ1n) is 6.07. The zero-order valence-corrected chi connectivity index (χ0v) is 11.5. The van der Waals surface area contributed by atoms with Gasteiger partial charge < -0.3 is 10.0 Å². The second kappa shape index (κ2) is 5.55. The molecule has 1 aliphatic carbocycles. The Morgan fingerprint density at radius 3 is 2.94 bits per heavy atom. The van der Waals surface area contributed by atoms with Gasteiger partial charge in [0.15, 0.2) is 0 Å². The molecule has 1 N–H and O–H groups in total. The lowest BCUT2D eigenvalue weighted by atomic mass is 10.3. The van der Waals surface area contributed by atoms with Gasteiger partial charge in [-0.25, -0.2) is 0 Å². The van der Waals surface area contributed by atoms with E-state index in [1.165, 1.54) is 17.8 Å². The topological polar surface area (TPSA) is 40.5 Å². The van der Waals surface area contributed by atoms with Crippen molar-refractivity contribution in [3.8, 4) is 11.8 Å². The van der Waals surface area contributed by atoms with E-state index in [9.17, 15) is 4.79 Å². The predicted octanol–water partition coefficient (Wildman–Crippen LogP) is 1.82. The lowest BCUT2D eigenvalue weighted by molar-refractivity contribution is 0.0792. The summed E-state index contributed by atoms with van der Waals surface area (Å²) >= 11 is 1.38. The van der Waals surface area contributed by atoms with Crippen molar-refractivity contribution >= 4 is 17.2 Å². The summed E-state index contributed by atoms with van der Waals surface area (Å²) < 4.78 is 0. The number of aliphatic hydroxyl groups is 1. The zero-order chi connectivity index (χ0) is 13.1. The van der Waals surface area contributed by atoms with Crippen LogP contribution in [0, 0.1) is 23.7 Å². The molecule has 3 nitrogen and oxygen atoms in total. The monoisotopic (exact) mass is 263 g/mol. The first-order chi connectivity index (χ1) is 8.61. The maximum Gasteiger partial charge on any atom is 0.263 e. The number of carbonyl (C=O) groups excluding carboxylic acids is 1. The van der Waals surface area contributed by atoms with Gasteiger partial charge in [0.05, 0.1) is 9.75 Å². The molecule has 2 rings (SSSR count). The van der Waals surface area contributed by atoms with E-state index in [2.05, 4.69) is 18.8 Å². The van der Waals surface area contributed by atoms with Gasteiger partial charge in [-0.15, -0.1) is 11.3 Å². The molecule has 1 fully saturated rings. The molecule has 0 radical (unpaired) electrons. The van der Waals surface area contributed by atoms with Gasteiger partial charge >= 0.3 is 0 Å². The lowest BCUT2D eigenvalue weighted by Crippen LogP contribution is -2.28. The molecule has 0 aliphatic heterocycles. The second-order valence-electron chi connectivity index (χ2n) is 4.78. The molecule has 1 aromatic heterocycles. The number of hydrogen-bond donors (Lipinski definition) is 1. The molecule has 4 heteroatoms. The highest BCUT2D eigenvalue weighted by atomic mass is 32.1. The molecule has 1 amide bonds. The van der Waals surface area contributed by atoms with E-state index in [4.69, 9.17) is 5.11 Å². The van der Waals surface area contributed by atoms with Crippen molar-refractivity contribution in [3.05, 3.63) is 21.9 Å². The van der Waals surface area contributed by atoms with Crippen LogP contribution in [0.15, 0.2) is 12.1 Å². The maximum atomic E-state index is 12.1. The maximum absolute atomic E-state index is 12.1. The van der Waals surface area contributed by atoms with Crippen LogP contribution in [-0.4, -0.2) is 36.1 Å². The number of aliphatic hydroxyl groups excluding tert-OH is 1. The Labute approximate surface area is 111 Å². The summed E-state index contributed by atoms with van der Waals surface area (Å²) in [6.07, 6.45) is 1.23. The number of nitrogens with zero attached hydrogens (tertiary/aromatic N) is 1. The van der Waals surface area contributed by atoms with Crippen LogP contribution < -0.4 is 0 Å². The van der Waals surface area contributed by atoms with E-state index in [0.29, 0.717) is 10.8 Å². The Balaban J connectivity index is 1.97. The summed E-state index contributed by atoms with van der Waals surface area (Å²) in [5.74, 6) is 6.90. The minimum atomic E-state index is -0.152. The molecule has 0 spiro atoms. The Morgan fingerprint density at radius 2 is 2.33 bits per heavy atom. The highest BCUT2D eigenvalue weighted by Gasteiger charge is 2.34. The summed E-state index contributed by atoms with van der Waals surface area (Å²) in [4.78, 5) is 15.5. The summed E-state index contributed by atoms with van der Waals surface area (Å²) in [5, 5.41) is 8.62. The van der Waals surface area contributed by atoms with Gasteiger partial charge in [-0.2, -0.15) is 0 Å². The van der Waals surface area contributed by atoms with Crippen molar-refractivity contribution in [1.29, 1.82) is 0 Å². The summed E-state index contributed by atoms with van der Waals surface area (Å²) in [7, 11) is 1.85. The molecule has 96 valence electrons. The molecule has 1 aromatic rings. The van der Waals surface area contributed by atoms with Crippen LogP contribution in [0.25, 0.3) is 0 Å². The highest BCUT2D eigenvalue weighted by molar-refractivity contribution is 7.14. The average Bonchev–Trinajstić information content (AvgIpc) is 2.87. The largest absolute Gasteiger partial charge is 0.384 e. The van der Waals surface area contributed by atoms with Crippen molar-refractivity contribution in [2.24, 2.45) is 11.8 Å². The van der Waals surface area contributed by atoms with Gasteiger partial charge in [0.25, 0.3) is 5.91 Å². The van der Waals surface area contributed by atoms with Crippen LogP contribution >= 0.6 is 11.3 Å². The second-order valence-corrected chi connectivity index (χ2v) is 5.87. The predicted molar refractivity (Wildman–Crippen MR) is 72.5 cm³/mol. The third-order valence-electron chi connectivity index (χ3n) is 3.24. The minimum absolute atomic E-state index is 0.0659.